The highest BCUT2D eigenvalue weighted by molar-refractivity contribution is 5.66. The minimum Gasteiger partial charge on any atom is -0.481 e. The van der Waals surface area contributed by atoms with Crippen molar-refractivity contribution in [2.45, 2.75) is 20.3 Å². The summed E-state index contributed by atoms with van der Waals surface area (Å²) in [5, 5.41) is 8.81. The molecular weight excluding hydrogens is 144 g/mol. The standard InChI is InChI=1S/C8H12O3/c1-3-4-5-6-8(10)11-7(2)9/h4-6,10H,3H2,1-2H3. The van der Waals surface area contributed by atoms with Gasteiger partial charge in [0.25, 0.3) is 5.95 Å². The molecule has 3 heteroatoms. The zero-order chi connectivity index (χ0) is 8.69. The molecule has 0 aromatic heterocycles. The van der Waals surface area contributed by atoms with Gasteiger partial charge < -0.3 is 9.84 Å². The van der Waals surface area contributed by atoms with Crippen LogP contribution in [0.1, 0.15) is 20.3 Å². The van der Waals surface area contributed by atoms with Crippen LogP contribution in [0.4, 0.5) is 0 Å². The molecule has 0 saturated carbocycles. The van der Waals surface area contributed by atoms with Crippen molar-refractivity contribution in [3.05, 3.63) is 24.2 Å². The van der Waals surface area contributed by atoms with Gasteiger partial charge in [-0.1, -0.05) is 19.1 Å². The highest BCUT2D eigenvalue weighted by atomic mass is 16.6. The Morgan fingerprint density at radius 1 is 1.64 bits per heavy atom. The molecule has 0 aliphatic rings. The molecule has 0 unspecified atom stereocenters. The van der Waals surface area contributed by atoms with Crippen molar-refractivity contribution in [3.8, 4) is 0 Å². The number of rotatable bonds is 3. The maximum atomic E-state index is 10.2. The van der Waals surface area contributed by atoms with Crippen LogP contribution >= 0.6 is 0 Å². The Labute approximate surface area is 66.0 Å². The van der Waals surface area contributed by atoms with E-state index in [9.17, 15) is 4.79 Å². The first-order chi connectivity index (χ1) is 5.16. The summed E-state index contributed by atoms with van der Waals surface area (Å²) in [4.78, 5) is 10.2. The first-order valence-electron chi connectivity index (χ1n) is 3.41. The van der Waals surface area contributed by atoms with Crippen LogP contribution in [-0.4, -0.2) is 11.1 Å². The molecule has 0 radical (unpaired) electrons. The van der Waals surface area contributed by atoms with Gasteiger partial charge in [-0.05, 0) is 6.42 Å². The average molecular weight is 156 g/mol. The number of carbonyl (C=O) groups excluding carboxylic acids is 1. The van der Waals surface area contributed by atoms with Crippen molar-refractivity contribution >= 4 is 5.97 Å². The summed E-state index contributed by atoms with van der Waals surface area (Å²) in [6.45, 7) is 3.20. The Hall–Kier alpha value is -1.25. The number of esters is 1. The van der Waals surface area contributed by atoms with Crippen LogP contribution in [0.25, 0.3) is 0 Å². The number of aliphatic hydroxyl groups excluding tert-OH is 1. The molecule has 11 heavy (non-hydrogen) atoms. The Morgan fingerprint density at radius 3 is 2.73 bits per heavy atom. The lowest BCUT2D eigenvalue weighted by atomic mass is 10.4. The Bertz CT molecular complexity index is 180. The summed E-state index contributed by atoms with van der Waals surface area (Å²) >= 11 is 0. The highest BCUT2D eigenvalue weighted by Gasteiger charge is 1.94. The van der Waals surface area contributed by atoms with Gasteiger partial charge in [0.1, 0.15) is 0 Å². The molecule has 0 heterocycles. The predicted molar refractivity (Wildman–Crippen MR) is 41.9 cm³/mol. The van der Waals surface area contributed by atoms with Gasteiger partial charge in [0.2, 0.25) is 0 Å². The molecule has 0 saturated heterocycles. The fourth-order valence-electron chi connectivity index (χ4n) is 0.468. The minimum atomic E-state index is -0.524. The Balaban J connectivity index is 3.81. The summed E-state index contributed by atoms with van der Waals surface area (Å²) in [5.41, 5.74) is 0. The van der Waals surface area contributed by atoms with Gasteiger partial charge in [-0.25, -0.2) is 0 Å². The Kier molecular flexibility index (Phi) is 4.90. The predicted octanol–water partition coefficient (Wildman–Crippen LogP) is 1.92. The van der Waals surface area contributed by atoms with Crippen LogP contribution in [0.5, 0.6) is 0 Å². The fraction of sp³-hybridized carbons (Fsp3) is 0.375. The van der Waals surface area contributed by atoms with Crippen molar-refractivity contribution in [3.63, 3.8) is 0 Å². The smallest absolute Gasteiger partial charge is 0.310 e. The second-order valence-electron chi connectivity index (χ2n) is 1.93. The SMILES string of the molecule is CCC=CC=C(O)OC(C)=O. The van der Waals surface area contributed by atoms with E-state index in [1.165, 1.54) is 13.0 Å². The van der Waals surface area contributed by atoms with Crippen LogP contribution in [0, 0.1) is 0 Å². The molecule has 0 rings (SSSR count). The lowest BCUT2D eigenvalue weighted by Crippen LogP contribution is -1.96. The third kappa shape index (κ3) is 6.64. The monoisotopic (exact) mass is 156 g/mol. The summed E-state index contributed by atoms with van der Waals surface area (Å²) in [7, 11) is 0. The third-order valence-corrected chi connectivity index (χ3v) is 0.859. The van der Waals surface area contributed by atoms with Crippen LogP contribution in [0.15, 0.2) is 24.2 Å². The van der Waals surface area contributed by atoms with E-state index >= 15 is 0 Å². The normalized spacial score (nSPS) is 12.0. The summed E-state index contributed by atoms with van der Waals surface area (Å²) < 4.78 is 4.32. The van der Waals surface area contributed by atoms with Gasteiger partial charge in [-0.3, -0.25) is 4.79 Å². The molecule has 0 aliphatic carbocycles. The van der Waals surface area contributed by atoms with E-state index in [0.29, 0.717) is 0 Å². The van der Waals surface area contributed by atoms with Crippen LogP contribution in [-0.2, 0) is 9.53 Å². The van der Waals surface area contributed by atoms with Crippen LogP contribution in [0.2, 0.25) is 0 Å². The third-order valence-electron chi connectivity index (χ3n) is 0.859. The topological polar surface area (TPSA) is 46.5 Å². The van der Waals surface area contributed by atoms with Crippen molar-refractivity contribution in [1.29, 1.82) is 0 Å². The number of hydrogen-bond donors (Lipinski definition) is 1. The van der Waals surface area contributed by atoms with Gasteiger partial charge in [0, 0.05) is 13.0 Å². The number of ether oxygens (including phenoxy) is 1. The first kappa shape index (κ1) is 9.75. The molecule has 0 aromatic rings. The van der Waals surface area contributed by atoms with E-state index in [1.807, 2.05) is 13.0 Å². The maximum absolute atomic E-state index is 10.2. The molecule has 1 N–H and O–H groups in total. The molecule has 0 amide bonds. The van der Waals surface area contributed by atoms with Gasteiger partial charge in [0.05, 0.1) is 0 Å². The van der Waals surface area contributed by atoms with Gasteiger partial charge >= 0.3 is 5.97 Å². The van der Waals surface area contributed by atoms with Gasteiger partial charge in [-0.15, -0.1) is 0 Å². The van der Waals surface area contributed by atoms with E-state index in [2.05, 4.69) is 4.74 Å². The van der Waals surface area contributed by atoms with E-state index in [1.54, 1.807) is 6.08 Å². The summed E-state index contributed by atoms with van der Waals surface area (Å²) in [6.07, 6.45) is 5.66. The average Bonchev–Trinajstić information content (AvgIpc) is 1.86. The largest absolute Gasteiger partial charge is 0.481 e. The van der Waals surface area contributed by atoms with Crippen molar-refractivity contribution in [2.24, 2.45) is 0 Å². The van der Waals surface area contributed by atoms with Crippen molar-refractivity contribution in [1.82, 2.24) is 0 Å². The highest BCUT2D eigenvalue weighted by Crippen LogP contribution is 1.93. The van der Waals surface area contributed by atoms with E-state index in [-0.39, 0.29) is 5.95 Å². The van der Waals surface area contributed by atoms with Gasteiger partial charge in [-0.2, -0.15) is 0 Å². The number of hydrogen-bond acceptors (Lipinski definition) is 3. The molecular formula is C8H12O3. The van der Waals surface area contributed by atoms with Crippen LogP contribution < -0.4 is 0 Å². The molecule has 0 aromatic carbocycles. The molecule has 0 spiro atoms. The zero-order valence-electron chi connectivity index (χ0n) is 6.70. The van der Waals surface area contributed by atoms with Crippen molar-refractivity contribution in [2.75, 3.05) is 0 Å². The molecule has 0 atom stereocenters. The number of carbonyl (C=O) groups is 1. The number of aliphatic hydroxyl groups is 1. The molecule has 3 nitrogen and oxygen atoms in total. The summed E-state index contributed by atoms with van der Waals surface area (Å²) in [5.74, 6) is -0.897. The Morgan fingerprint density at radius 2 is 2.27 bits per heavy atom. The van der Waals surface area contributed by atoms with Crippen LogP contribution in [0.3, 0.4) is 0 Å². The maximum Gasteiger partial charge on any atom is 0.310 e. The lowest BCUT2D eigenvalue weighted by Gasteiger charge is -1.94. The summed E-state index contributed by atoms with van der Waals surface area (Å²) in [6, 6.07) is 0. The van der Waals surface area contributed by atoms with E-state index in [0.717, 1.165) is 6.42 Å². The quantitative estimate of drug-likeness (QED) is 0.385. The molecule has 0 fully saturated rings. The number of allylic oxidation sites excluding steroid dienone is 3. The zero-order valence-corrected chi connectivity index (χ0v) is 6.70. The van der Waals surface area contributed by atoms with Crippen molar-refractivity contribution < 1.29 is 14.6 Å². The van der Waals surface area contributed by atoms with E-state index < -0.39 is 5.97 Å². The van der Waals surface area contributed by atoms with E-state index in [4.69, 9.17) is 5.11 Å². The van der Waals surface area contributed by atoms with Gasteiger partial charge in [0.15, 0.2) is 0 Å². The first-order valence-corrected chi connectivity index (χ1v) is 3.41. The minimum absolute atomic E-state index is 0.373. The molecule has 0 aliphatic heterocycles. The second kappa shape index (κ2) is 5.53. The lowest BCUT2D eigenvalue weighted by molar-refractivity contribution is -0.140. The fourth-order valence-corrected chi connectivity index (χ4v) is 0.468. The molecule has 62 valence electrons. The molecule has 0 bridgehead atoms. The second-order valence-corrected chi connectivity index (χ2v) is 1.93.